The van der Waals surface area contributed by atoms with Crippen molar-refractivity contribution in [3.63, 3.8) is 0 Å². The van der Waals surface area contributed by atoms with Crippen molar-refractivity contribution in [3.8, 4) is 11.8 Å². The summed E-state index contributed by atoms with van der Waals surface area (Å²) in [6, 6.07) is 10.2. The summed E-state index contributed by atoms with van der Waals surface area (Å²) in [6.07, 6.45) is 5.63. The van der Waals surface area contributed by atoms with Gasteiger partial charge in [-0.25, -0.2) is 4.39 Å². The van der Waals surface area contributed by atoms with E-state index in [9.17, 15) is 9.65 Å². The Morgan fingerprint density at radius 2 is 2.06 bits per heavy atom. The standard InChI is InChI=1S/C24H25ClFN5O/c1-4-32-23-13-21-18(12-22(23)28-9-5-6-10-31(2)3)24(16(14-27)15-29-21)30-17-7-8-20(26)19(25)11-17/h5-8,11-13,15,28H,4,9-10H2,1-3H3,(H,29,30). The highest BCUT2D eigenvalue weighted by molar-refractivity contribution is 6.31. The number of hydrogen-bond acceptors (Lipinski definition) is 6. The van der Waals surface area contributed by atoms with Gasteiger partial charge in [0.1, 0.15) is 17.6 Å². The first-order valence-corrected chi connectivity index (χ1v) is 10.6. The van der Waals surface area contributed by atoms with Crippen LogP contribution in [0.25, 0.3) is 10.9 Å². The summed E-state index contributed by atoms with van der Waals surface area (Å²) in [6.45, 7) is 3.89. The molecule has 3 aromatic rings. The Labute approximate surface area is 192 Å². The first kappa shape index (κ1) is 23.3. The van der Waals surface area contributed by atoms with Gasteiger partial charge >= 0.3 is 0 Å². The summed E-state index contributed by atoms with van der Waals surface area (Å²) in [5.74, 6) is 0.168. The van der Waals surface area contributed by atoms with Crippen molar-refractivity contribution in [2.45, 2.75) is 6.92 Å². The molecule has 166 valence electrons. The summed E-state index contributed by atoms with van der Waals surface area (Å²) < 4.78 is 19.4. The second-order valence-electron chi connectivity index (χ2n) is 7.33. The van der Waals surface area contributed by atoms with E-state index in [0.29, 0.717) is 41.4 Å². The number of fused-ring (bicyclic) bond motifs is 1. The van der Waals surface area contributed by atoms with E-state index in [1.54, 1.807) is 6.07 Å². The highest BCUT2D eigenvalue weighted by atomic mass is 35.5. The van der Waals surface area contributed by atoms with Crippen LogP contribution < -0.4 is 15.4 Å². The molecule has 2 N–H and O–H groups in total. The molecule has 8 heteroatoms. The van der Waals surface area contributed by atoms with Gasteiger partial charge in [-0.1, -0.05) is 23.8 Å². The molecule has 0 radical (unpaired) electrons. The molecule has 0 aliphatic rings. The van der Waals surface area contributed by atoms with E-state index in [1.165, 1.54) is 18.3 Å². The van der Waals surface area contributed by atoms with Crippen LogP contribution in [0, 0.1) is 17.1 Å². The maximum absolute atomic E-state index is 13.6. The number of nitriles is 1. The molecule has 1 aromatic heterocycles. The molecule has 0 unspecified atom stereocenters. The van der Waals surface area contributed by atoms with Crippen LogP contribution in [0.1, 0.15) is 12.5 Å². The first-order chi connectivity index (χ1) is 15.4. The summed E-state index contributed by atoms with van der Waals surface area (Å²) in [7, 11) is 4.02. The Bertz CT molecular complexity index is 1170. The van der Waals surface area contributed by atoms with Crippen molar-refractivity contribution < 1.29 is 9.13 Å². The minimum Gasteiger partial charge on any atom is -0.492 e. The zero-order chi connectivity index (χ0) is 23.1. The van der Waals surface area contributed by atoms with Gasteiger partial charge in [-0.15, -0.1) is 0 Å². The van der Waals surface area contributed by atoms with E-state index in [1.807, 2.05) is 39.2 Å². The predicted octanol–water partition coefficient (Wildman–Crippen LogP) is 5.57. The lowest BCUT2D eigenvalue weighted by atomic mass is 10.1. The van der Waals surface area contributed by atoms with Crippen LogP contribution in [0.3, 0.4) is 0 Å². The molecule has 0 saturated heterocycles. The van der Waals surface area contributed by atoms with E-state index in [4.69, 9.17) is 16.3 Å². The molecule has 1 heterocycles. The lowest BCUT2D eigenvalue weighted by Crippen LogP contribution is -2.11. The average Bonchev–Trinajstić information content (AvgIpc) is 2.76. The number of pyridine rings is 1. The molecule has 3 rings (SSSR count). The fraction of sp³-hybridized carbons (Fsp3) is 0.250. The van der Waals surface area contributed by atoms with Gasteiger partial charge in [-0.05, 0) is 45.3 Å². The van der Waals surface area contributed by atoms with Crippen molar-refractivity contribution in [1.82, 2.24) is 9.88 Å². The maximum atomic E-state index is 13.6. The monoisotopic (exact) mass is 453 g/mol. The van der Waals surface area contributed by atoms with Gasteiger partial charge in [0.25, 0.3) is 0 Å². The number of aromatic nitrogens is 1. The van der Waals surface area contributed by atoms with Gasteiger partial charge in [-0.2, -0.15) is 5.26 Å². The number of rotatable bonds is 9. The Hall–Kier alpha value is -3.34. The van der Waals surface area contributed by atoms with Crippen LogP contribution in [-0.4, -0.2) is 43.7 Å². The summed E-state index contributed by atoms with van der Waals surface area (Å²) in [4.78, 5) is 6.50. The van der Waals surface area contributed by atoms with Crippen LogP contribution in [0.4, 0.5) is 21.5 Å². The third-order valence-corrected chi connectivity index (χ3v) is 4.92. The zero-order valence-corrected chi connectivity index (χ0v) is 19.0. The molecule has 32 heavy (non-hydrogen) atoms. The van der Waals surface area contributed by atoms with Crippen molar-refractivity contribution in [1.29, 1.82) is 5.26 Å². The molecule has 0 bridgehead atoms. The Morgan fingerprint density at radius 1 is 1.25 bits per heavy atom. The third-order valence-electron chi connectivity index (χ3n) is 4.63. The molecule has 2 aromatic carbocycles. The average molecular weight is 454 g/mol. The molecular formula is C24H25ClFN5O. The summed E-state index contributed by atoms with van der Waals surface area (Å²) in [5, 5.41) is 16.9. The highest BCUT2D eigenvalue weighted by Gasteiger charge is 2.14. The summed E-state index contributed by atoms with van der Waals surface area (Å²) in [5.41, 5.74) is 2.94. The van der Waals surface area contributed by atoms with Gasteiger partial charge < -0.3 is 20.3 Å². The van der Waals surface area contributed by atoms with Crippen molar-refractivity contribution in [3.05, 3.63) is 65.1 Å². The number of benzene rings is 2. The Morgan fingerprint density at radius 3 is 2.75 bits per heavy atom. The van der Waals surface area contributed by atoms with Gasteiger partial charge in [0.15, 0.2) is 0 Å². The Kier molecular flexibility index (Phi) is 7.87. The van der Waals surface area contributed by atoms with E-state index in [0.717, 1.165) is 17.6 Å². The predicted molar refractivity (Wildman–Crippen MR) is 129 cm³/mol. The number of hydrogen-bond donors (Lipinski definition) is 2. The van der Waals surface area contributed by atoms with Gasteiger partial charge in [0.2, 0.25) is 0 Å². The second-order valence-corrected chi connectivity index (χ2v) is 7.73. The SMILES string of the molecule is CCOc1cc2ncc(C#N)c(Nc3ccc(F)c(Cl)c3)c2cc1NCC=CCN(C)C. The van der Waals surface area contributed by atoms with E-state index in [-0.39, 0.29) is 5.02 Å². The van der Waals surface area contributed by atoms with E-state index < -0.39 is 5.82 Å². The normalized spacial score (nSPS) is 11.2. The molecular weight excluding hydrogens is 429 g/mol. The molecule has 0 saturated carbocycles. The summed E-state index contributed by atoms with van der Waals surface area (Å²) >= 11 is 5.93. The van der Waals surface area contributed by atoms with Gasteiger partial charge in [0, 0.05) is 36.4 Å². The zero-order valence-electron chi connectivity index (χ0n) is 18.2. The smallest absolute Gasteiger partial charge is 0.144 e. The number of nitrogens with zero attached hydrogens (tertiary/aromatic N) is 3. The van der Waals surface area contributed by atoms with Crippen LogP contribution in [0.5, 0.6) is 5.75 Å². The number of nitrogens with one attached hydrogen (secondary N) is 2. The lowest BCUT2D eigenvalue weighted by Gasteiger charge is -2.16. The Balaban J connectivity index is 2.02. The minimum atomic E-state index is -0.507. The molecule has 0 aliphatic carbocycles. The number of halogens is 2. The van der Waals surface area contributed by atoms with E-state index >= 15 is 0 Å². The quantitative estimate of drug-likeness (QED) is 0.412. The fourth-order valence-corrected chi connectivity index (χ4v) is 3.29. The molecule has 0 atom stereocenters. The second kappa shape index (κ2) is 10.8. The van der Waals surface area contributed by atoms with Gasteiger partial charge in [-0.3, -0.25) is 4.98 Å². The van der Waals surface area contributed by atoms with Crippen LogP contribution in [-0.2, 0) is 0 Å². The molecule has 0 amide bonds. The van der Waals surface area contributed by atoms with Crippen LogP contribution in [0.2, 0.25) is 5.02 Å². The van der Waals surface area contributed by atoms with Crippen LogP contribution in [0.15, 0.2) is 48.7 Å². The topological polar surface area (TPSA) is 73.2 Å². The van der Waals surface area contributed by atoms with Crippen molar-refractivity contribution >= 4 is 39.6 Å². The highest BCUT2D eigenvalue weighted by Crippen LogP contribution is 2.36. The number of anilines is 3. The van der Waals surface area contributed by atoms with Crippen LogP contribution >= 0.6 is 11.6 Å². The molecule has 0 spiro atoms. The van der Waals surface area contributed by atoms with Gasteiger partial charge in [0.05, 0.1) is 34.1 Å². The van der Waals surface area contributed by atoms with Crippen molar-refractivity contribution in [2.24, 2.45) is 0 Å². The molecule has 6 nitrogen and oxygen atoms in total. The largest absolute Gasteiger partial charge is 0.492 e. The fourth-order valence-electron chi connectivity index (χ4n) is 3.11. The maximum Gasteiger partial charge on any atom is 0.144 e. The van der Waals surface area contributed by atoms with Crippen molar-refractivity contribution in [2.75, 3.05) is 44.4 Å². The number of ether oxygens (including phenoxy) is 1. The molecule has 0 fully saturated rings. The first-order valence-electron chi connectivity index (χ1n) is 10.2. The minimum absolute atomic E-state index is 0.00244. The third kappa shape index (κ3) is 5.67. The number of likely N-dealkylation sites (N-methyl/N-ethyl adjacent to an activating group) is 1. The lowest BCUT2D eigenvalue weighted by molar-refractivity contribution is 0.342. The molecule has 0 aliphatic heterocycles. The van der Waals surface area contributed by atoms with E-state index in [2.05, 4.69) is 32.7 Å².